The number of halogens is 2. The summed E-state index contributed by atoms with van der Waals surface area (Å²) in [6.45, 7) is 0. The van der Waals surface area contributed by atoms with E-state index in [9.17, 15) is 4.39 Å². The van der Waals surface area contributed by atoms with Gasteiger partial charge in [-0.15, -0.1) is 0 Å². The third-order valence-corrected chi connectivity index (χ3v) is 3.33. The third-order valence-electron chi connectivity index (χ3n) is 3.05. The fraction of sp³-hybridized carbons (Fsp3) is 0.500. The lowest BCUT2D eigenvalue weighted by atomic mass is 10.0. The first-order chi connectivity index (χ1) is 8.00. The van der Waals surface area contributed by atoms with Crippen molar-refractivity contribution in [2.75, 3.05) is 14.2 Å². The SMILES string of the molecule is COc1c(CC2(N)CC2)cc(Cl)c(F)c1OC. The Hall–Kier alpha value is -1.00. The number of ether oxygens (including phenoxy) is 2. The predicted octanol–water partition coefficient (Wildman–Crippen LogP) is 2.53. The minimum Gasteiger partial charge on any atom is -0.492 e. The standard InChI is InChI=1S/C12H15ClFNO2/c1-16-10-7(6-12(15)3-4-12)5-8(13)9(14)11(10)17-2/h5H,3-4,6,15H2,1-2H3. The summed E-state index contributed by atoms with van der Waals surface area (Å²) in [5.74, 6) is -0.179. The van der Waals surface area contributed by atoms with Gasteiger partial charge in [0.15, 0.2) is 17.3 Å². The Kier molecular flexibility index (Phi) is 3.19. The number of nitrogens with two attached hydrogens (primary N) is 1. The van der Waals surface area contributed by atoms with Crippen LogP contribution in [0, 0.1) is 5.82 Å². The first kappa shape index (κ1) is 12.5. The molecule has 1 aliphatic rings. The molecule has 0 heterocycles. The van der Waals surface area contributed by atoms with Gasteiger partial charge < -0.3 is 15.2 Å². The van der Waals surface area contributed by atoms with Crippen molar-refractivity contribution >= 4 is 11.6 Å². The Morgan fingerprint density at radius 2 is 1.94 bits per heavy atom. The molecule has 5 heteroatoms. The van der Waals surface area contributed by atoms with Gasteiger partial charge in [0.2, 0.25) is 0 Å². The summed E-state index contributed by atoms with van der Waals surface area (Å²) < 4.78 is 23.9. The van der Waals surface area contributed by atoms with Crippen LogP contribution in [0.2, 0.25) is 5.02 Å². The van der Waals surface area contributed by atoms with Crippen molar-refractivity contribution in [3.63, 3.8) is 0 Å². The highest BCUT2D eigenvalue weighted by Crippen LogP contribution is 2.43. The average Bonchev–Trinajstić information content (AvgIpc) is 3.00. The molecular weight excluding hydrogens is 245 g/mol. The number of rotatable bonds is 4. The van der Waals surface area contributed by atoms with Crippen LogP contribution in [0.1, 0.15) is 18.4 Å². The molecule has 3 nitrogen and oxygen atoms in total. The maximum absolute atomic E-state index is 13.7. The average molecular weight is 260 g/mol. The van der Waals surface area contributed by atoms with Crippen LogP contribution >= 0.6 is 11.6 Å². The Morgan fingerprint density at radius 1 is 1.35 bits per heavy atom. The van der Waals surface area contributed by atoms with Crippen LogP contribution in [0.4, 0.5) is 4.39 Å². The van der Waals surface area contributed by atoms with Crippen LogP contribution in [0.3, 0.4) is 0 Å². The molecule has 0 bridgehead atoms. The number of hydrogen-bond acceptors (Lipinski definition) is 3. The Labute approximate surface area is 105 Å². The predicted molar refractivity (Wildman–Crippen MR) is 64.4 cm³/mol. The van der Waals surface area contributed by atoms with E-state index in [2.05, 4.69) is 0 Å². The molecule has 0 amide bonds. The zero-order chi connectivity index (χ0) is 12.6. The van der Waals surface area contributed by atoms with Crippen molar-refractivity contribution in [1.29, 1.82) is 0 Å². The molecule has 0 saturated heterocycles. The van der Waals surface area contributed by atoms with Crippen LogP contribution in [0.25, 0.3) is 0 Å². The second-order valence-electron chi connectivity index (χ2n) is 4.44. The molecule has 94 valence electrons. The Bertz CT molecular complexity index is 447. The normalized spacial score (nSPS) is 16.8. The maximum atomic E-state index is 13.7. The summed E-state index contributed by atoms with van der Waals surface area (Å²) in [5, 5.41) is 0.0295. The first-order valence-corrected chi connectivity index (χ1v) is 5.76. The van der Waals surface area contributed by atoms with E-state index in [0.29, 0.717) is 12.2 Å². The number of benzene rings is 1. The van der Waals surface area contributed by atoms with Gasteiger partial charge in [0.05, 0.1) is 19.2 Å². The molecule has 1 aromatic rings. The first-order valence-electron chi connectivity index (χ1n) is 5.38. The summed E-state index contributed by atoms with van der Waals surface area (Å²) in [7, 11) is 2.86. The quantitative estimate of drug-likeness (QED) is 0.904. The summed E-state index contributed by atoms with van der Waals surface area (Å²) in [6.07, 6.45) is 2.55. The zero-order valence-electron chi connectivity index (χ0n) is 9.85. The summed E-state index contributed by atoms with van der Waals surface area (Å²) in [4.78, 5) is 0. The monoisotopic (exact) mass is 259 g/mol. The van der Waals surface area contributed by atoms with E-state index in [4.69, 9.17) is 26.8 Å². The minimum absolute atomic E-state index is 0.0295. The van der Waals surface area contributed by atoms with Crippen molar-refractivity contribution in [2.45, 2.75) is 24.8 Å². The van der Waals surface area contributed by atoms with E-state index in [-0.39, 0.29) is 16.3 Å². The van der Waals surface area contributed by atoms with Crippen molar-refractivity contribution < 1.29 is 13.9 Å². The van der Waals surface area contributed by atoms with Gasteiger partial charge in [-0.05, 0) is 25.3 Å². The van der Waals surface area contributed by atoms with Crippen LogP contribution in [0.15, 0.2) is 6.07 Å². The largest absolute Gasteiger partial charge is 0.492 e. The molecule has 0 aromatic heterocycles. The zero-order valence-corrected chi connectivity index (χ0v) is 10.6. The van der Waals surface area contributed by atoms with Crippen LogP contribution < -0.4 is 15.2 Å². The highest BCUT2D eigenvalue weighted by atomic mass is 35.5. The van der Waals surface area contributed by atoms with E-state index in [0.717, 1.165) is 18.4 Å². The molecule has 0 spiro atoms. The fourth-order valence-electron chi connectivity index (χ4n) is 1.89. The lowest BCUT2D eigenvalue weighted by molar-refractivity contribution is 0.333. The number of methoxy groups -OCH3 is 2. The molecule has 1 saturated carbocycles. The van der Waals surface area contributed by atoms with E-state index in [1.807, 2.05) is 0 Å². The van der Waals surface area contributed by atoms with E-state index in [1.54, 1.807) is 6.07 Å². The lowest BCUT2D eigenvalue weighted by Crippen LogP contribution is -2.24. The molecule has 2 N–H and O–H groups in total. The molecule has 1 aromatic carbocycles. The van der Waals surface area contributed by atoms with Gasteiger partial charge in [-0.25, -0.2) is 4.39 Å². The van der Waals surface area contributed by atoms with Gasteiger partial charge >= 0.3 is 0 Å². The molecule has 0 radical (unpaired) electrons. The van der Waals surface area contributed by atoms with E-state index >= 15 is 0 Å². The van der Waals surface area contributed by atoms with Crippen LogP contribution in [-0.4, -0.2) is 19.8 Å². The maximum Gasteiger partial charge on any atom is 0.198 e. The van der Waals surface area contributed by atoms with Gasteiger partial charge in [0.1, 0.15) is 0 Å². The van der Waals surface area contributed by atoms with Crippen molar-refractivity contribution in [3.8, 4) is 11.5 Å². The number of hydrogen-bond donors (Lipinski definition) is 1. The second-order valence-corrected chi connectivity index (χ2v) is 4.84. The van der Waals surface area contributed by atoms with Crippen LogP contribution in [-0.2, 0) is 6.42 Å². The van der Waals surface area contributed by atoms with E-state index in [1.165, 1.54) is 14.2 Å². The van der Waals surface area contributed by atoms with Gasteiger partial charge in [-0.3, -0.25) is 0 Å². The van der Waals surface area contributed by atoms with E-state index < -0.39 is 5.82 Å². The molecule has 17 heavy (non-hydrogen) atoms. The molecule has 1 aliphatic carbocycles. The fourth-order valence-corrected chi connectivity index (χ4v) is 2.11. The van der Waals surface area contributed by atoms with Crippen molar-refractivity contribution in [3.05, 3.63) is 22.5 Å². The molecule has 0 unspecified atom stereocenters. The topological polar surface area (TPSA) is 44.5 Å². The smallest absolute Gasteiger partial charge is 0.198 e. The minimum atomic E-state index is -0.600. The van der Waals surface area contributed by atoms with Gasteiger partial charge in [-0.2, -0.15) is 0 Å². The molecule has 2 rings (SSSR count). The van der Waals surface area contributed by atoms with Gasteiger partial charge in [-0.1, -0.05) is 11.6 Å². The van der Waals surface area contributed by atoms with Crippen LogP contribution in [0.5, 0.6) is 11.5 Å². The highest BCUT2D eigenvalue weighted by Gasteiger charge is 2.39. The Balaban J connectivity index is 2.46. The Morgan fingerprint density at radius 3 is 2.41 bits per heavy atom. The third kappa shape index (κ3) is 2.33. The second kappa shape index (κ2) is 4.35. The summed E-state index contributed by atoms with van der Waals surface area (Å²) >= 11 is 5.82. The summed E-state index contributed by atoms with van der Waals surface area (Å²) in [5.41, 5.74) is 6.64. The van der Waals surface area contributed by atoms with Gasteiger partial charge in [0.25, 0.3) is 0 Å². The van der Waals surface area contributed by atoms with Crippen molar-refractivity contribution in [1.82, 2.24) is 0 Å². The molecule has 1 fully saturated rings. The summed E-state index contributed by atoms with van der Waals surface area (Å²) in [6, 6.07) is 1.56. The molecule has 0 atom stereocenters. The molecule has 0 aliphatic heterocycles. The van der Waals surface area contributed by atoms with Gasteiger partial charge in [0, 0.05) is 11.1 Å². The van der Waals surface area contributed by atoms with Crippen molar-refractivity contribution in [2.24, 2.45) is 5.73 Å². The molecular formula is C12H15ClFNO2. The lowest BCUT2D eigenvalue weighted by Gasteiger charge is -2.16. The highest BCUT2D eigenvalue weighted by molar-refractivity contribution is 6.31.